The van der Waals surface area contributed by atoms with E-state index in [2.05, 4.69) is 10.4 Å². The third kappa shape index (κ3) is 2.54. The average Bonchev–Trinajstić information content (AvgIpc) is 2.93. The molecule has 5 nitrogen and oxygen atoms in total. The monoisotopic (exact) mass is 287 g/mol. The van der Waals surface area contributed by atoms with Gasteiger partial charge in [-0.25, -0.2) is 0 Å². The van der Waals surface area contributed by atoms with Crippen LogP contribution in [0.15, 0.2) is 12.3 Å². The van der Waals surface area contributed by atoms with Crippen LogP contribution in [0, 0.1) is 5.41 Å². The first-order chi connectivity index (χ1) is 9.27. The van der Waals surface area contributed by atoms with Gasteiger partial charge < -0.3 is 10.4 Å². The van der Waals surface area contributed by atoms with Gasteiger partial charge in [-0.3, -0.25) is 4.79 Å². The highest BCUT2D eigenvalue weighted by Crippen LogP contribution is 2.45. The molecule has 1 unspecified atom stereocenters. The van der Waals surface area contributed by atoms with Crippen LogP contribution >= 0.6 is 0 Å². The standard InChI is InChI=1S/C13H19F2N3O2/c1-12(2)5-3-6-13(12,20)8-16-10(19)9-4-7-17-18(9)11(14)15/h4,7,11,20H,3,5-6,8H2,1-2H3,(H,16,19). The number of alkyl halides is 2. The Labute approximate surface area is 116 Å². The summed E-state index contributed by atoms with van der Waals surface area (Å²) in [4.78, 5) is 11.9. The molecule has 20 heavy (non-hydrogen) atoms. The van der Waals surface area contributed by atoms with Crippen molar-refractivity contribution in [2.45, 2.75) is 45.3 Å². The van der Waals surface area contributed by atoms with Crippen molar-refractivity contribution in [1.29, 1.82) is 0 Å². The molecule has 1 heterocycles. The summed E-state index contributed by atoms with van der Waals surface area (Å²) in [5.74, 6) is -0.654. The quantitative estimate of drug-likeness (QED) is 0.889. The Morgan fingerprint density at radius 3 is 2.80 bits per heavy atom. The zero-order valence-corrected chi connectivity index (χ0v) is 11.6. The fraction of sp³-hybridized carbons (Fsp3) is 0.692. The summed E-state index contributed by atoms with van der Waals surface area (Å²) in [6, 6.07) is 1.23. The molecule has 0 aromatic carbocycles. The Morgan fingerprint density at radius 2 is 2.25 bits per heavy atom. The van der Waals surface area contributed by atoms with Crippen LogP contribution in [0.5, 0.6) is 0 Å². The number of nitrogens with zero attached hydrogens (tertiary/aromatic N) is 2. The van der Waals surface area contributed by atoms with Gasteiger partial charge in [0.15, 0.2) is 0 Å². The first-order valence-electron chi connectivity index (χ1n) is 6.59. The second-order valence-electron chi connectivity index (χ2n) is 5.89. The fourth-order valence-electron chi connectivity index (χ4n) is 2.69. The zero-order chi connectivity index (χ0) is 15.0. The van der Waals surface area contributed by atoms with Crippen molar-refractivity contribution < 1.29 is 18.7 Å². The van der Waals surface area contributed by atoms with Crippen molar-refractivity contribution in [2.75, 3.05) is 6.54 Å². The van der Waals surface area contributed by atoms with E-state index in [4.69, 9.17) is 0 Å². The lowest BCUT2D eigenvalue weighted by atomic mass is 9.78. The van der Waals surface area contributed by atoms with E-state index >= 15 is 0 Å². The average molecular weight is 287 g/mol. The lowest BCUT2D eigenvalue weighted by Gasteiger charge is -2.36. The van der Waals surface area contributed by atoms with Crippen LogP contribution in [0.2, 0.25) is 0 Å². The van der Waals surface area contributed by atoms with Crippen LogP contribution in [0.4, 0.5) is 8.78 Å². The van der Waals surface area contributed by atoms with Crippen molar-refractivity contribution in [3.05, 3.63) is 18.0 Å². The molecular formula is C13H19F2N3O2. The molecule has 1 amide bonds. The highest BCUT2D eigenvalue weighted by molar-refractivity contribution is 5.92. The zero-order valence-electron chi connectivity index (χ0n) is 11.6. The molecule has 1 aliphatic rings. The summed E-state index contributed by atoms with van der Waals surface area (Å²) >= 11 is 0. The summed E-state index contributed by atoms with van der Waals surface area (Å²) in [6.45, 7) is 1.06. The van der Waals surface area contributed by atoms with Crippen molar-refractivity contribution in [1.82, 2.24) is 15.1 Å². The van der Waals surface area contributed by atoms with Crippen molar-refractivity contribution >= 4 is 5.91 Å². The SMILES string of the molecule is CC1(C)CCCC1(O)CNC(=O)c1ccnn1C(F)F. The summed E-state index contributed by atoms with van der Waals surface area (Å²) in [7, 11) is 0. The number of carbonyl (C=O) groups is 1. The molecule has 1 aromatic rings. The van der Waals surface area contributed by atoms with Gasteiger partial charge in [0.2, 0.25) is 0 Å². The van der Waals surface area contributed by atoms with E-state index in [-0.39, 0.29) is 17.7 Å². The molecular weight excluding hydrogens is 268 g/mol. The van der Waals surface area contributed by atoms with E-state index in [9.17, 15) is 18.7 Å². The number of hydrogen-bond acceptors (Lipinski definition) is 3. The molecule has 0 spiro atoms. The lowest BCUT2D eigenvalue weighted by molar-refractivity contribution is -0.0395. The second kappa shape index (κ2) is 5.12. The van der Waals surface area contributed by atoms with Crippen LogP contribution in [0.1, 0.15) is 50.1 Å². The maximum Gasteiger partial charge on any atom is 0.333 e. The summed E-state index contributed by atoms with van der Waals surface area (Å²) in [5.41, 5.74) is -1.51. The summed E-state index contributed by atoms with van der Waals surface area (Å²) < 4.78 is 25.6. The van der Waals surface area contributed by atoms with E-state index in [0.29, 0.717) is 11.1 Å². The maximum absolute atomic E-state index is 12.6. The molecule has 0 bridgehead atoms. The van der Waals surface area contributed by atoms with Crippen LogP contribution in [-0.2, 0) is 0 Å². The maximum atomic E-state index is 12.6. The van der Waals surface area contributed by atoms with Crippen LogP contribution in [-0.4, -0.2) is 32.9 Å². The first-order valence-corrected chi connectivity index (χ1v) is 6.59. The minimum Gasteiger partial charge on any atom is -0.387 e. The van der Waals surface area contributed by atoms with Gasteiger partial charge in [0.1, 0.15) is 5.69 Å². The number of aromatic nitrogens is 2. The smallest absolute Gasteiger partial charge is 0.333 e. The number of rotatable bonds is 4. The largest absolute Gasteiger partial charge is 0.387 e. The van der Waals surface area contributed by atoms with Crippen LogP contribution in [0.3, 0.4) is 0 Å². The Bertz CT molecular complexity index is 502. The van der Waals surface area contributed by atoms with E-state index < -0.39 is 18.1 Å². The van der Waals surface area contributed by atoms with Crippen LogP contribution < -0.4 is 5.32 Å². The van der Waals surface area contributed by atoms with Gasteiger partial charge in [0.05, 0.1) is 5.60 Å². The first kappa shape index (κ1) is 14.9. The molecule has 0 aliphatic heterocycles. The van der Waals surface area contributed by atoms with Gasteiger partial charge in [0.25, 0.3) is 5.91 Å². The topological polar surface area (TPSA) is 67.2 Å². The molecule has 1 atom stereocenters. The van der Waals surface area contributed by atoms with Gasteiger partial charge >= 0.3 is 6.55 Å². The van der Waals surface area contributed by atoms with E-state index in [1.165, 1.54) is 6.07 Å². The predicted molar refractivity (Wildman–Crippen MR) is 68.4 cm³/mol. The van der Waals surface area contributed by atoms with Gasteiger partial charge in [-0.1, -0.05) is 13.8 Å². The van der Waals surface area contributed by atoms with E-state index in [1.807, 2.05) is 13.8 Å². The van der Waals surface area contributed by atoms with E-state index in [1.54, 1.807) is 0 Å². The van der Waals surface area contributed by atoms with Crippen molar-refractivity contribution in [2.24, 2.45) is 5.41 Å². The second-order valence-corrected chi connectivity index (χ2v) is 5.89. The number of carbonyl (C=O) groups excluding carboxylic acids is 1. The Morgan fingerprint density at radius 1 is 1.55 bits per heavy atom. The Balaban J connectivity index is 2.04. The molecule has 1 saturated carbocycles. The third-order valence-corrected chi connectivity index (χ3v) is 4.28. The molecule has 2 N–H and O–H groups in total. The molecule has 2 rings (SSSR count). The minimum atomic E-state index is -2.86. The number of aliphatic hydroxyl groups is 1. The highest BCUT2D eigenvalue weighted by Gasteiger charge is 2.47. The molecule has 1 aromatic heterocycles. The predicted octanol–water partition coefficient (Wildman–Crippen LogP) is 1.95. The van der Waals surface area contributed by atoms with Gasteiger partial charge in [0, 0.05) is 12.7 Å². The van der Waals surface area contributed by atoms with Gasteiger partial charge in [-0.15, -0.1) is 0 Å². The Kier molecular flexibility index (Phi) is 3.82. The normalized spacial score (nSPS) is 25.1. The molecule has 112 valence electrons. The summed E-state index contributed by atoms with van der Waals surface area (Å²) in [5, 5.41) is 16.5. The minimum absolute atomic E-state index is 0.0489. The third-order valence-electron chi connectivity index (χ3n) is 4.28. The van der Waals surface area contributed by atoms with Crippen molar-refractivity contribution in [3.63, 3.8) is 0 Å². The Hall–Kier alpha value is -1.50. The highest BCUT2D eigenvalue weighted by atomic mass is 19.3. The molecule has 7 heteroatoms. The summed E-state index contributed by atoms with van der Waals surface area (Å²) in [6.07, 6.45) is 3.49. The number of amides is 1. The van der Waals surface area contributed by atoms with Crippen molar-refractivity contribution in [3.8, 4) is 0 Å². The molecule has 1 aliphatic carbocycles. The molecule has 0 radical (unpaired) electrons. The number of hydrogen-bond donors (Lipinski definition) is 2. The molecule has 0 saturated heterocycles. The van der Waals surface area contributed by atoms with E-state index in [0.717, 1.165) is 19.0 Å². The lowest BCUT2D eigenvalue weighted by Crippen LogP contribution is -2.49. The number of halogens is 2. The van der Waals surface area contributed by atoms with Crippen LogP contribution in [0.25, 0.3) is 0 Å². The fourth-order valence-corrected chi connectivity index (χ4v) is 2.69. The molecule has 1 fully saturated rings. The van der Waals surface area contributed by atoms with Gasteiger partial charge in [-0.05, 0) is 30.7 Å². The number of nitrogens with one attached hydrogen (secondary N) is 1. The van der Waals surface area contributed by atoms with Gasteiger partial charge in [-0.2, -0.15) is 18.6 Å².